The van der Waals surface area contributed by atoms with Crippen molar-refractivity contribution in [1.29, 1.82) is 0 Å². The Bertz CT molecular complexity index is 1340. The lowest BCUT2D eigenvalue weighted by atomic mass is 9.96. The number of ether oxygens (including phenoxy) is 2. The van der Waals surface area contributed by atoms with E-state index in [2.05, 4.69) is 15.7 Å². The summed E-state index contributed by atoms with van der Waals surface area (Å²) in [7, 11) is 1.59. The number of nitrogens with one attached hydrogen (secondary N) is 2. The van der Waals surface area contributed by atoms with Crippen LogP contribution in [0, 0.1) is 0 Å². The number of benzene rings is 2. The van der Waals surface area contributed by atoms with Crippen LogP contribution in [0.25, 0.3) is 0 Å². The van der Waals surface area contributed by atoms with Gasteiger partial charge in [0, 0.05) is 26.2 Å². The largest absolute Gasteiger partial charge is 0.490 e. The number of fused-ring (bicyclic) bond motifs is 1. The SMILES string of the molecule is CCOc1ccc(CCNC(=O)c2cc3n(n2)C[C@](C)(C(=O)NCc2ccccc2)N(C)C3=O)cc1OCC. The summed E-state index contributed by atoms with van der Waals surface area (Å²) in [6.45, 7) is 7.43. The predicted molar refractivity (Wildman–Crippen MR) is 146 cm³/mol. The van der Waals surface area contributed by atoms with Crippen molar-refractivity contribution in [2.24, 2.45) is 0 Å². The Hall–Kier alpha value is -4.34. The first-order valence-electron chi connectivity index (χ1n) is 13.1. The van der Waals surface area contributed by atoms with Gasteiger partial charge in [-0.1, -0.05) is 36.4 Å². The molecule has 1 atom stereocenters. The minimum Gasteiger partial charge on any atom is -0.490 e. The number of carbonyl (C=O) groups is 3. The molecule has 4 rings (SSSR count). The zero-order valence-corrected chi connectivity index (χ0v) is 22.8. The van der Waals surface area contributed by atoms with Gasteiger partial charge in [-0.2, -0.15) is 5.10 Å². The first-order valence-corrected chi connectivity index (χ1v) is 13.1. The van der Waals surface area contributed by atoms with E-state index in [1.54, 1.807) is 14.0 Å². The van der Waals surface area contributed by atoms with E-state index in [0.29, 0.717) is 44.2 Å². The second kappa shape index (κ2) is 12.0. The summed E-state index contributed by atoms with van der Waals surface area (Å²) < 4.78 is 12.7. The third-order valence-corrected chi connectivity index (χ3v) is 6.83. The number of likely N-dealkylation sites (N-methyl/N-ethyl adjacent to an activating group) is 1. The minimum absolute atomic E-state index is 0.127. The molecular weight excluding hydrogens is 498 g/mol. The fraction of sp³-hybridized carbons (Fsp3) is 0.379. The fourth-order valence-corrected chi connectivity index (χ4v) is 4.47. The summed E-state index contributed by atoms with van der Waals surface area (Å²) in [6, 6.07) is 16.7. The van der Waals surface area contributed by atoms with Gasteiger partial charge in [-0.25, -0.2) is 0 Å². The van der Waals surface area contributed by atoms with Crippen LogP contribution in [-0.2, 0) is 24.3 Å². The van der Waals surface area contributed by atoms with Crippen molar-refractivity contribution >= 4 is 17.7 Å². The molecule has 2 aromatic carbocycles. The van der Waals surface area contributed by atoms with Crippen LogP contribution in [0.3, 0.4) is 0 Å². The van der Waals surface area contributed by atoms with Gasteiger partial charge in [-0.15, -0.1) is 0 Å². The van der Waals surface area contributed by atoms with Gasteiger partial charge in [0.25, 0.3) is 11.8 Å². The van der Waals surface area contributed by atoms with Gasteiger partial charge in [0.15, 0.2) is 17.2 Å². The smallest absolute Gasteiger partial charge is 0.272 e. The highest BCUT2D eigenvalue weighted by Gasteiger charge is 2.46. The Morgan fingerprint density at radius 2 is 1.69 bits per heavy atom. The number of amides is 3. The number of nitrogens with zero attached hydrogens (tertiary/aromatic N) is 3. The zero-order valence-electron chi connectivity index (χ0n) is 22.8. The van der Waals surface area contributed by atoms with E-state index in [4.69, 9.17) is 9.47 Å². The summed E-state index contributed by atoms with van der Waals surface area (Å²) in [5, 5.41) is 10.1. The molecule has 10 nitrogen and oxygen atoms in total. The van der Waals surface area contributed by atoms with Crippen molar-refractivity contribution in [1.82, 2.24) is 25.3 Å². The molecule has 2 heterocycles. The van der Waals surface area contributed by atoms with Crippen LogP contribution >= 0.6 is 0 Å². The second-order valence-electron chi connectivity index (χ2n) is 9.53. The van der Waals surface area contributed by atoms with Crippen LogP contribution in [0.15, 0.2) is 54.6 Å². The monoisotopic (exact) mass is 533 g/mol. The van der Waals surface area contributed by atoms with E-state index in [0.717, 1.165) is 11.1 Å². The molecule has 0 saturated carbocycles. The molecule has 0 bridgehead atoms. The molecule has 10 heteroatoms. The number of carbonyl (C=O) groups excluding carboxylic acids is 3. The van der Waals surface area contributed by atoms with E-state index in [1.165, 1.54) is 15.6 Å². The molecule has 206 valence electrons. The third kappa shape index (κ3) is 6.05. The molecule has 1 aliphatic heterocycles. The summed E-state index contributed by atoms with van der Waals surface area (Å²) in [4.78, 5) is 40.6. The molecule has 3 aromatic rings. The van der Waals surface area contributed by atoms with Gasteiger partial charge in [0.2, 0.25) is 5.91 Å². The fourth-order valence-electron chi connectivity index (χ4n) is 4.47. The van der Waals surface area contributed by atoms with Crippen molar-refractivity contribution in [3.05, 3.63) is 77.1 Å². The lowest BCUT2D eigenvalue weighted by Crippen LogP contribution is -2.62. The minimum atomic E-state index is -1.16. The Morgan fingerprint density at radius 1 is 0.974 bits per heavy atom. The molecule has 0 fully saturated rings. The maximum Gasteiger partial charge on any atom is 0.272 e. The van der Waals surface area contributed by atoms with Gasteiger partial charge in [-0.3, -0.25) is 19.1 Å². The summed E-state index contributed by atoms with van der Waals surface area (Å²) in [5.41, 5.74) is 1.17. The molecule has 2 N–H and O–H groups in total. The van der Waals surface area contributed by atoms with Gasteiger partial charge >= 0.3 is 0 Å². The van der Waals surface area contributed by atoms with E-state index in [1.807, 2.05) is 62.4 Å². The molecule has 1 aromatic heterocycles. The molecular formula is C29H35N5O5. The quantitative estimate of drug-likeness (QED) is 0.392. The van der Waals surface area contributed by atoms with Crippen molar-refractivity contribution in [2.75, 3.05) is 26.8 Å². The molecule has 1 aliphatic rings. The van der Waals surface area contributed by atoms with Crippen LogP contribution in [0.4, 0.5) is 0 Å². The Labute approximate surface area is 228 Å². The van der Waals surface area contributed by atoms with Crippen LogP contribution in [0.1, 0.15) is 52.9 Å². The highest BCUT2D eigenvalue weighted by molar-refractivity contribution is 6.01. The van der Waals surface area contributed by atoms with Crippen LogP contribution in [-0.4, -0.2) is 64.7 Å². The van der Waals surface area contributed by atoms with Gasteiger partial charge in [-0.05, 0) is 50.5 Å². The summed E-state index contributed by atoms with van der Waals surface area (Å²) in [5.74, 6) is 0.298. The standard InChI is InChI=1S/C29H35N5O5/c1-5-38-24-13-12-20(16-25(24)39-6-2)14-15-30-26(35)22-17-23-27(36)33(4)29(3,19-34(23)32-22)28(37)31-18-21-10-8-7-9-11-21/h7-13,16-17H,5-6,14-15,18-19H2,1-4H3,(H,30,35)(H,31,37)/t29-/m1/s1. The first kappa shape index (κ1) is 27.7. The molecule has 39 heavy (non-hydrogen) atoms. The number of aromatic nitrogens is 2. The molecule has 0 spiro atoms. The Balaban J connectivity index is 1.39. The van der Waals surface area contributed by atoms with Crippen LogP contribution in [0.5, 0.6) is 11.5 Å². The molecule has 0 radical (unpaired) electrons. The van der Waals surface area contributed by atoms with Gasteiger partial charge in [0.1, 0.15) is 11.2 Å². The highest BCUT2D eigenvalue weighted by Crippen LogP contribution is 2.29. The van der Waals surface area contributed by atoms with Crippen LogP contribution < -0.4 is 20.1 Å². The second-order valence-corrected chi connectivity index (χ2v) is 9.53. The average molecular weight is 534 g/mol. The molecule has 3 amide bonds. The number of hydrogen-bond donors (Lipinski definition) is 2. The van der Waals surface area contributed by atoms with Crippen molar-refractivity contribution in [3.8, 4) is 11.5 Å². The number of hydrogen-bond acceptors (Lipinski definition) is 6. The maximum absolute atomic E-state index is 13.2. The summed E-state index contributed by atoms with van der Waals surface area (Å²) >= 11 is 0. The first-order chi connectivity index (χ1) is 18.8. The van der Waals surface area contributed by atoms with E-state index >= 15 is 0 Å². The zero-order chi connectivity index (χ0) is 28.0. The third-order valence-electron chi connectivity index (χ3n) is 6.83. The average Bonchev–Trinajstić information content (AvgIpc) is 3.36. The maximum atomic E-state index is 13.2. The molecule has 0 unspecified atom stereocenters. The van der Waals surface area contributed by atoms with Crippen molar-refractivity contribution < 1.29 is 23.9 Å². The topological polar surface area (TPSA) is 115 Å². The van der Waals surface area contributed by atoms with E-state index in [9.17, 15) is 14.4 Å². The van der Waals surface area contributed by atoms with E-state index in [-0.39, 0.29) is 29.7 Å². The normalized spacial score (nSPS) is 16.4. The lowest BCUT2D eigenvalue weighted by molar-refractivity contribution is -0.132. The summed E-state index contributed by atoms with van der Waals surface area (Å²) in [6.07, 6.45) is 0.576. The van der Waals surface area contributed by atoms with Crippen molar-refractivity contribution in [2.45, 2.75) is 45.8 Å². The van der Waals surface area contributed by atoms with Gasteiger partial charge in [0.05, 0.1) is 19.8 Å². The predicted octanol–water partition coefficient (Wildman–Crippen LogP) is 2.81. The molecule has 0 saturated heterocycles. The van der Waals surface area contributed by atoms with Gasteiger partial charge < -0.3 is 25.0 Å². The molecule has 0 aliphatic carbocycles. The number of rotatable bonds is 11. The van der Waals surface area contributed by atoms with Crippen LogP contribution in [0.2, 0.25) is 0 Å². The van der Waals surface area contributed by atoms with E-state index < -0.39 is 11.4 Å². The lowest BCUT2D eigenvalue weighted by Gasteiger charge is -2.40. The Morgan fingerprint density at radius 3 is 2.41 bits per heavy atom. The van der Waals surface area contributed by atoms with Crippen molar-refractivity contribution in [3.63, 3.8) is 0 Å². The Kier molecular flexibility index (Phi) is 8.53. The highest BCUT2D eigenvalue weighted by atomic mass is 16.5.